The quantitative estimate of drug-likeness (QED) is 0.367. The van der Waals surface area contributed by atoms with E-state index in [2.05, 4.69) is 5.32 Å². The molecule has 0 aliphatic rings. The van der Waals surface area contributed by atoms with E-state index in [1.807, 2.05) is 0 Å². The molecule has 0 rings (SSSR count). The number of carboxylic acids is 1. The lowest BCUT2D eigenvalue weighted by Gasteiger charge is -2.10. The fraction of sp³-hybridized carbons (Fsp3) is 0.857. The summed E-state index contributed by atoms with van der Waals surface area (Å²) >= 11 is 0. The number of rotatable bonds is 7. The van der Waals surface area contributed by atoms with E-state index in [9.17, 15) is 13.2 Å². The molecular weight excluding hydrogens is 222 g/mol. The van der Waals surface area contributed by atoms with Crippen LogP contribution in [0.5, 0.6) is 0 Å². The van der Waals surface area contributed by atoms with Gasteiger partial charge >= 0.3 is 5.97 Å². The number of nitrogens with two attached hydrogens (primary N) is 2. The van der Waals surface area contributed by atoms with Gasteiger partial charge in [-0.15, -0.1) is 0 Å². The molecule has 0 spiro atoms. The lowest BCUT2D eigenvalue weighted by atomic mass is 10.4. The van der Waals surface area contributed by atoms with Gasteiger partial charge in [0, 0.05) is 6.54 Å². The minimum absolute atomic E-state index is 0.171. The summed E-state index contributed by atoms with van der Waals surface area (Å²) in [5.41, 5.74) is 10.5. The summed E-state index contributed by atoms with van der Waals surface area (Å²) < 4.78 is 22.6. The molecule has 7 nitrogen and oxygen atoms in total. The van der Waals surface area contributed by atoms with Gasteiger partial charge < -0.3 is 21.9 Å². The number of carbonyl (C=O) groups is 1. The molecule has 0 aromatic carbocycles. The van der Waals surface area contributed by atoms with E-state index in [-0.39, 0.29) is 18.5 Å². The van der Waals surface area contributed by atoms with Crippen LogP contribution < -0.4 is 16.8 Å². The number of hydrogen-bond acceptors (Lipinski definition) is 6. The predicted octanol–water partition coefficient (Wildman–Crippen LogP) is -2.29. The first-order valence-corrected chi connectivity index (χ1v) is 6.24. The van der Waals surface area contributed by atoms with Gasteiger partial charge in [-0.2, -0.15) is 0 Å². The van der Waals surface area contributed by atoms with Crippen LogP contribution >= 0.6 is 0 Å². The van der Waals surface area contributed by atoms with Crippen LogP contribution in [0.15, 0.2) is 0 Å². The van der Waals surface area contributed by atoms with Gasteiger partial charge in [-0.05, 0) is 6.92 Å². The third kappa shape index (κ3) is 7.25. The van der Waals surface area contributed by atoms with Crippen LogP contribution in [0.1, 0.15) is 6.92 Å². The molecule has 0 aliphatic heterocycles. The second-order valence-corrected chi connectivity index (χ2v) is 5.53. The summed E-state index contributed by atoms with van der Waals surface area (Å²) in [4.78, 5) is 10.3. The molecule has 0 heterocycles. The zero-order valence-electron chi connectivity index (χ0n) is 8.51. The van der Waals surface area contributed by atoms with Gasteiger partial charge in [0.25, 0.3) is 0 Å². The van der Waals surface area contributed by atoms with E-state index in [1.54, 1.807) is 6.92 Å². The summed E-state index contributed by atoms with van der Waals surface area (Å²) in [5.74, 6) is -2.04. The Morgan fingerprint density at radius 2 is 2.00 bits per heavy atom. The molecule has 0 fully saturated rings. The highest BCUT2D eigenvalue weighted by Crippen LogP contribution is 1.93. The summed E-state index contributed by atoms with van der Waals surface area (Å²) in [6.07, 6.45) is -0.298. The van der Waals surface area contributed by atoms with Crippen molar-refractivity contribution < 1.29 is 18.3 Å². The summed E-state index contributed by atoms with van der Waals surface area (Å²) in [5, 5.41) is 11.1. The monoisotopic (exact) mass is 239 g/mol. The van der Waals surface area contributed by atoms with Crippen molar-refractivity contribution in [3.05, 3.63) is 0 Å². The molecule has 0 aromatic rings. The normalized spacial score (nSPS) is 15.9. The fourth-order valence-corrected chi connectivity index (χ4v) is 2.16. The average Bonchev–Trinajstić information content (AvgIpc) is 2.01. The molecule has 0 saturated carbocycles. The molecule has 0 bridgehead atoms. The number of nitrogens with one attached hydrogen (secondary N) is 1. The van der Waals surface area contributed by atoms with Crippen LogP contribution in [-0.4, -0.2) is 49.8 Å². The maximum atomic E-state index is 11.3. The van der Waals surface area contributed by atoms with Crippen LogP contribution in [0.2, 0.25) is 0 Å². The fourth-order valence-electron chi connectivity index (χ4n) is 0.870. The van der Waals surface area contributed by atoms with E-state index in [0.29, 0.717) is 0 Å². The standard InChI is InChI=1S/C7H17N3O4S/c1-5(8)10-2-3-15(13,14)4-6(9)7(11)12/h5-6,10H,2-4,8-9H2,1H3,(H,11,12)/t5?,6-/m0/s1. The van der Waals surface area contributed by atoms with Crippen molar-refractivity contribution in [3.8, 4) is 0 Å². The van der Waals surface area contributed by atoms with Gasteiger partial charge in [0.05, 0.1) is 17.7 Å². The largest absolute Gasteiger partial charge is 0.480 e. The highest BCUT2D eigenvalue weighted by molar-refractivity contribution is 7.91. The number of aliphatic carboxylic acids is 1. The number of sulfone groups is 1. The first-order valence-electron chi connectivity index (χ1n) is 4.42. The molecular formula is C7H17N3O4S. The summed E-state index contributed by atoms with van der Waals surface area (Å²) in [7, 11) is -3.45. The molecule has 2 atom stereocenters. The van der Waals surface area contributed by atoms with E-state index in [4.69, 9.17) is 16.6 Å². The minimum atomic E-state index is -3.45. The Hall–Kier alpha value is -0.700. The first-order chi connectivity index (χ1) is 6.74. The van der Waals surface area contributed by atoms with Crippen molar-refractivity contribution in [2.24, 2.45) is 11.5 Å². The Labute approximate surface area is 88.7 Å². The van der Waals surface area contributed by atoms with Crippen molar-refractivity contribution in [1.29, 1.82) is 0 Å². The van der Waals surface area contributed by atoms with Crippen molar-refractivity contribution in [2.45, 2.75) is 19.1 Å². The van der Waals surface area contributed by atoms with Gasteiger partial charge in [-0.25, -0.2) is 8.42 Å². The van der Waals surface area contributed by atoms with Gasteiger partial charge in [-0.3, -0.25) is 4.79 Å². The van der Waals surface area contributed by atoms with Crippen LogP contribution in [0, 0.1) is 0 Å². The highest BCUT2D eigenvalue weighted by Gasteiger charge is 2.21. The Kier molecular flexibility index (Phi) is 5.73. The smallest absolute Gasteiger partial charge is 0.321 e. The molecule has 0 saturated heterocycles. The Morgan fingerprint density at radius 3 is 2.40 bits per heavy atom. The topological polar surface area (TPSA) is 136 Å². The molecule has 0 radical (unpaired) electrons. The summed E-state index contributed by atoms with van der Waals surface area (Å²) in [6, 6.07) is -1.37. The number of hydrogen-bond donors (Lipinski definition) is 4. The van der Waals surface area contributed by atoms with Crippen molar-refractivity contribution in [3.63, 3.8) is 0 Å². The second-order valence-electron chi connectivity index (χ2n) is 3.30. The molecule has 90 valence electrons. The van der Waals surface area contributed by atoms with Crippen molar-refractivity contribution in [1.82, 2.24) is 5.32 Å². The molecule has 15 heavy (non-hydrogen) atoms. The van der Waals surface area contributed by atoms with Crippen molar-refractivity contribution in [2.75, 3.05) is 18.1 Å². The third-order valence-electron chi connectivity index (χ3n) is 1.63. The Balaban J connectivity index is 4.03. The third-order valence-corrected chi connectivity index (χ3v) is 3.32. The molecule has 8 heteroatoms. The molecule has 1 unspecified atom stereocenters. The SMILES string of the molecule is CC(N)NCCS(=O)(=O)C[C@H](N)C(=O)O. The van der Waals surface area contributed by atoms with Crippen LogP contribution in [0.3, 0.4) is 0 Å². The van der Waals surface area contributed by atoms with E-state index in [0.717, 1.165) is 0 Å². The van der Waals surface area contributed by atoms with Gasteiger partial charge in [-0.1, -0.05) is 0 Å². The van der Waals surface area contributed by atoms with Gasteiger partial charge in [0.15, 0.2) is 9.84 Å². The zero-order valence-corrected chi connectivity index (χ0v) is 9.33. The summed E-state index contributed by atoms with van der Waals surface area (Å²) in [6.45, 7) is 1.86. The van der Waals surface area contributed by atoms with Crippen LogP contribution in [-0.2, 0) is 14.6 Å². The van der Waals surface area contributed by atoms with Crippen molar-refractivity contribution >= 4 is 15.8 Å². The van der Waals surface area contributed by atoms with E-state index in [1.165, 1.54) is 0 Å². The minimum Gasteiger partial charge on any atom is -0.480 e. The van der Waals surface area contributed by atoms with E-state index < -0.39 is 27.6 Å². The predicted molar refractivity (Wildman–Crippen MR) is 55.9 cm³/mol. The van der Waals surface area contributed by atoms with Gasteiger partial charge in [0.1, 0.15) is 6.04 Å². The van der Waals surface area contributed by atoms with Crippen LogP contribution in [0.25, 0.3) is 0 Å². The van der Waals surface area contributed by atoms with Crippen LogP contribution in [0.4, 0.5) is 0 Å². The second kappa shape index (κ2) is 6.01. The Bertz CT molecular complexity index is 301. The first kappa shape index (κ1) is 14.3. The molecule has 0 aliphatic carbocycles. The maximum absolute atomic E-state index is 11.3. The number of carboxylic acid groups (broad SMARTS) is 1. The van der Waals surface area contributed by atoms with E-state index >= 15 is 0 Å². The molecule has 0 amide bonds. The maximum Gasteiger partial charge on any atom is 0.321 e. The molecule has 0 aromatic heterocycles. The molecule has 6 N–H and O–H groups in total. The lowest BCUT2D eigenvalue weighted by Crippen LogP contribution is -2.41. The highest BCUT2D eigenvalue weighted by atomic mass is 32.2. The average molecular weight is 239 g/mol. The van der Waals surface area contributed by atoms with Gasteiger partial charge in [0.2, 0.25) is 0 Å². The zero-order chi connectivity index (χ0) is 12.1. The Morgan fingerprint density at radius 1 is 1.47 bits per heavy atom. The lowest BCUT2D eigenvalue weighted by molar-refractivity contribution is -0.137.